The van der Waals surface area contributed by atoms with Crippen LogP contribution in [0.25, 0.3) is 10.2 Å². The Morgan fingerprint density at radius 1 is 1.19 bits per heavy atom. The number of nitrogens with zero attached hydrogens (tertiary/aromatic N) is 3. The normalized spacial score (nSPS) is 14.6. The molecule has 0 atom stereocenters. The van der Waals surface area contributed by atoms with Crippen molar-refractivity contribution in [2.75, 3.05) is 43.5 Å². The Morgan fingerprint density at radius 2 is 1.97 bits per heavy atom. The molecule has 1 saturated heterocycles. The summed E-state index contributed by atoms with van der Waals surface area (Å²) in [4.78, 5) is 23.5. The molecule has 8 heteroatoms. The van der Waals surface area contributed by atoms with Crippen LogP contribution in [0, 0.1) is 5.92 Å². The molecular weight excluding hydrogens is 410 g/mol. The van der Waals surface area contributed by atoms with E-state index in [1.54, 1.807) is 24.8 Å². The van der Waals surface area contributed by atoms with Gasteiger partial charge in [0, 0.05) is 33.1 Å². The summed E-state index contributed by atoms with van der Waals surface area (Å²) >= 11 is 1.63. The quantitative estimate of drug-likeness (QED) is 0.521. The molecule has 3 heterocycles. The maximum atomic E-state index is 11.0. The first-order valence-electron chi connectivity index (χ1n) is 10.7. The number of methoxy groups -OCH3 is 1. The van der Waals surface area contributed by atoms with Crippen molar-refractivity contribution < 1.29 is 9.53 Å². The number of hydrogen-bond donors (Lipinski definition) is 2. The van der Waals surface area contributed by atoms with Crippen molar-refractivity contribution >= 4 is 38.3 Å². The minimum atomic E-state index is -0.0123. The highest BCUT2D eigenvalue weighted by molar-refractivity contribution is 7.22. The second-order valence-corrected chi connectivity index (χ2v) is 8.95. The Labute approximate surface area is 186 Å². The fourth-order valence-corrected chi connectivity index (χ4v) is 4.97. The molecule has 0 aliphatic carbocycles. The number of aromatic nitrogens is 2. The number of hydrogen-bond acceptors (Lipinski definition) is 7. The Bertz CT molecular complexity index is 1010. The van der Waals surface area contributed by atoms with Crippen molar-refractivity contribution in [3.63, 3.8) is 0 Å². The Kier molecular flexibility index (Phi) is 6.86. The SMILES string of the molecule is COc1ccc(CC2CCN(c3ncnc4sc(NCCNC(C)=O)cc34)CC2)cc1. The Morgan fingerprint density at radius 3 is 2.68 bits per heavy atom. The molecule has 4 rings (SSSR count). The summed E-state index contributed by atoms with van der Waals surface area (Å²) in [7, 11) is 1.70. The van der Waals surface area contributed by atoms with Crippen molar-refractivity contribution in [1.82, 2.24) is 15.3 Å². The van der Waals surface area contributed by atoms with Gasteiger partial charge in [0.05, 0.1) is 17.5 Å². The molecule has 0 saturated carbocycles. The summed E-state index contributed by atoms with van der Waals surface area (Å²) in [6, 6.07) is 10.6. The zero-order valence-electron chi connectivity index (χ0n) is 18.1. The number of piperidine rings is 1. The summed E-state index contributed by atoms with van der Waals surface area (Å²) in [5, 5.41) is 8.32. The second-order valence-electron chi connectivity index (χ2n) is 7.92. The zero-order valence-corrected chi connectivity index (χ0v) is 18.9. The van der Waals surface area contributed by atoms with Crippen molar-refractivity contribution in [3.8, 4) is 5.75 Å². The molecule has 1 amide bonds. The number of ether oxygens (including phenoxy) is 1. The van der Waals surface area contributed by atoms with Gasteiger partial charge in [0.25, 0.3) is 0 Å². The summed E-state index contributed by atoms with van der Waals surface area (Å²) in [5.74, 6) is 2.61. The minimum absolute atomic E-state index is 0.0123. The lowest BCUT2D eigenvalue weighted by atomic mass is 9.90. The van der Waals surface area contributed by atoms with E-state index in [0.29, 0.717) is 19.0 Å². The number of rotatable bonds is 8. The van der Waals surface area contributed by atoms with Crippen LogP contribution in [0.1, 0.15) is 25.3 Å². The second kappa shape index (κ2) is 9.96. The highest BCUT2D eigenvalue weighted by atomic mass is 32.1. The van der Waals surface area contributed by atoms with E-state index in [2.05, 4.69) is 43.7 Å². The number of anilines is 2. The maximum Gasteiger partial charge on any atom is 0.216 e. The lowest BCUT2D eigenvalue weighted by Gasteiger charge is -2.33. The van der Waals surface area contributed by atoms with Crippen LogP contribution < -0.4 is 20.3 Å². The third-order valence-corrected chi connectivity index (χ3v) is 6.70. The molecule has 1 aliphatic rings. The predicted molar refractivity (Wildman–Crippen MR) is 126 cm³/mol. The first-order valence-corrected chi connectivity index (χ1v) is 11.5. The molecule has 2 aromatic heterocycles. The number of fused-ring (bicyclic) bond motifs is 1. The number of thiophene rings is 1. The van der Waals surface area contributed by atoms with Gasteiger partial charge in [0.15, 0.2) is 0 Å². The van der Waals surface area contributed by atoms with Crippen LogP contribution in [0.2, 0.25) is 0 Å². The van der Waals surface area contributed by atoms with Gasteiger partial charge in [-0.2, -0.15) is 0 Å². The summed E-state index contributed by atoms with van der Waals surface area (Å²) in [5.41, 5.74) is 1.37. The fourth-order valence-electron chi connectivity index (χ4n) is 4.05. The maximum absolute atomic E-state index is 11.0. The van der Waals surface area contributed by atoms with Gasteiger partial charge in [-0.3, -0.25) is 4.79 Å². The topological polar surface area (TPSA) is 79.4 Å². The summed E-state index contributed by atoms with van der Waals surface area (Å²) in [6.07, 6.45) is 5.09. The van der Waals surface area contributed by atoms with Gasteiger partial charge >= 0.3 is 0 Å². The molecule has 1 fully saturated rings. The van der Waals surface area contributed by atoms with E-state index in [9.17, 15) is 4.79 Å². The molecule has 31 heavy (non-hydrogen) atoms. The number of nitrogens with one attached hydrogen (secondary N) is 2. The van der Waals surface area contributed by atoms with E-state index in [4.69, 9.17) is 4.74 Å². The fraction of sp³-hybridized carbons (Fsp3) is 0.435. The molecule has 3 aromatic rings. The highest BCUT2D eigenvalue weighted by Crippen LogP contribution is 2.35. The molecule has 0 unspecified atom stereocenters. The van der Waals surface area contributed by atoms with Gasteiger partial charge in [0.2, 0.25) is 5.91 Å². The van der Waals surface area contributed by atoms with E-state index in [1.165, 1.54) is 12.5 Å². The van der Waals surface area contributed by atoms with E-state index < -0.39 is 0 Å². The molecule has 1 aliphatic heterocycles. The highest BCUT2D eigenvalue weighted by Gasteiger charge is 2.22. The minimum Gasteiger partial charge on any atom is -0.497 e. The zero-order chi connectivity index (χ0) is 21.6. The van der Waals surface area contributed by atoms with Crippen LogP contribution >= 0.6 is 11.3 Å². The van der Waals surface area contributed by atoms with Crippen molar-refractivity contribution in [2.24, 2.45) is 5.92 Å². The first kappa shape index (κ1) is 21.4. The molecule has 0 spiro atoms. The number of amides is 1. The van der Waals surface area contributed by atoms with Crippen LogP contribution in [0.3, 0.4) is 0 Å². The van der Waals surface area contributed by atoms with Gasteiger partial charge in [-0.05, 0) is 48.9 Å². The average molecular weight is 440 g/mol. The van der Waals surface area contributed by atoms with Gasteiger partial charge in [0.1, 0.15) is 22.7 Å². The van der Waals surface area contributed by atoms with Gasteiger partial charge in [-0.25, -0.2) is 9.97 Å². The molecule has 1 aromatic carbocycles. The Hall–Kier alpha value is -2.87. The molecule has 164 valence electrons. The number of benzene rings is 1. The standard InChI is InChI=1S/C23H29N5O2S/c1-16(29)24-9-10-25-21-14-20-22(26-15-27-23(20)31-21)28-11-7-18(8-12-28)13-17-3-5-19(30-2)6-4-17/h3-6,14-15,18,25H,7-13H2,1-2H3,(H,24,29). The Balaban J connectivity index is 1.36. The van der Waals surface area contributed by atoms with Crippen molar-refractivity contribution in [3.05, 3.63) is 42.2 Å². The van der Waals surface area contributed by atoms with Crippen molar-refractivity contribution in [2.45, 2.75) is 26.2 Å². The van der Waals surface area contributed by atoms with E-state index in [0.717, 1.165) is 59.1 Å². The molecule has 2 N–H and O–H groups in total. The molecular formula is C23H29N5O2S. The summed E-state index contributed by atoms with van der Waals surface area (Å²) in [6.45, 7) is 4.83. The molecule has 0 bridgehead atoms. The monoisotopic (exact) mass is 439 g/mol. The van der Waals surface area contributed by atoms with E-state index >= 15 is 0 Å². The van der Waals surface area contributed by atoms with E-state index in [-0.39, 0.29) is 5.91 Å². The van der Waals surface area contributed by atoms with Crippen LogP contribution in [0.4, 0.5) is 10.8 Å². The van der Waals surface area contributed by atoms with Crippen LogP contribution in [-0.2, 0) is 11.2 Å². The lowest BCUT2D eigenvalue weighted by Crippen LogP contribution is -2.35. The smallest absolute Gasteiger partial charge is 0.216 e. The van der Waals surface area contributed by atoms with Crippen LogP contribution in [0.15, 0.2) is 36.7 Å². The third kappa shape index (κ3) is 5.44. The number of carbonyl (C=O) groups excluding carboxylic acids is 1. The predicted octanol–water partition coefficient (Wildman–Crippen LogP) is 3.71. The first-order chi connectivity index (χ1) is 15.1. The molecule has 7 nitrogen and oxygen atoms in total. The van der Waals surface area contributed by atoms with Crippen molar-refractivity contribution in [1.29, 1.82) is 0 Å². The number of carbonyl (C=O) groups is 1. The van der Waals surface area contributed by atoms with Crippen LogP contribution in [0.5, 0.6) is 5.75 Å². The third-order valence-electron chi connectivity index (χ3n) is 5.70. The lowest BCUT2D eigenvalue weighted by molar-refractivity contribution is -0.118. The largest absolute Gasteiger partial charge is 0.497 e. The molecule has 0 radical (unpaired) electrons. The average Bonchev–Trinajstić information content (AvgIpc) is 3.21. The van der Waals surface area contributed by atoms with E-state index in [1.807, 2.05) is 12.1 Å². The summed E-state index contributed by atoms with van der Waals surface area (Å²) < 4.78 is 5.26. The van der Waals surface area contributed by atoms with Crippen LogP contribution in [-0.4, -0.2) is 49.2 Å². The van der Waals surface area contributed by atoms with Gasteiger partial charge < -0.3 is 20.3 Å². The van der Waals surface area contributed by atoms with Gasteiger partial charge in [-0.1, -0.05) is 23.5 Å². The van der Waals surface area contributed by atoms with Gasteiger partial charge in [-0.15, -0.1) is 0 Å².